The number of ether oxygens (including phenoxy) is 1. The predicted molar refractivity (Wildman–Crippen MR) is 58.8 cm³/mol. The van der Waals surface area contributed by atoms with E-state index in [1.54, 1.807) is 6.20 Å². The van der Waals surface area contributed by atoms with E-state index in [0.29, 0.717) is 5.15 Å². The van der Waals surface area contributed by atoms with Crippen LogP contribution in [0.2, 0.25) is 5.15 Å². The van der Waals surface area contributed by atoms with Crippen LogP contribution in [0, 0.1) is 0 Å². The highest BCUT2D eigenvalue weighted by molar-refractivity contribution is 9.10. The Morgan fingerprint density at radius 2 is 2.50 bits per heavy atom. The normalized spacial score (nSPS) is 21.1. The zero-order valence-electron chi connectivity index (χ0n) is 7.46. The molecule has 2 heterocycles. The van der Waals surface area contributed by atoms with Crippen LogP contribution in [-0.2, 0) is 0 Å². The van der Waals surface area contributed by atoms with Gasteiger partial charge in [0.25, 0.3) is 0 Å². The van der Waals surface area contributed by atoms with Gasteiger partial charge in [0.05, 0.1) is 10.7 Å². The van der Waals surface area contributed by atoms with Crippen molar-refractivity contribution in [2.24, 2.45) is 0 Å². The largest absolute Gasteiger partial charge is 0.487 e. The minimum Gasteiger partial charge on any atom is -0.487 e. The third-order valence-electron chi connectivity index (χ3n) is 2.09. The maximum Gasteiger partial charge on any atom is 0.143 e. The average Bonchev–Trinajstić information content (AvgIpc) is 2.64. The Morgan fingerprint density at radius 1 is 1.64 bits per heavy atom. The van der Waals surface area contributed by atoms with Crippen molar-refractivity contribution in [1.29, 1.82) is 0 Å². The van der Waals surface area contributed by atoms with Crippen molar-refractivity contribution in [2.75, 3.05) is 13.1 Å². The van der Waals surface area contributed by atoms with E-state index in [9.17, 15) is 0 Å². The quantitative estimate of drug-likeness (QED) is 0.842. The highest BCUT2D eigenvalue weighted by atomic mass is 79.9. The Kier molecular flexibility index (Phi) is 3.26. The lowest BCUT2D eigenvalue weighted by molar-refractivity contribution is 0.222. The van der Waals surface area contributed by atoms with Gasteiger partial charge in [-0.1, -0.05) is 11.6 Å². The summed E-state index contributed by atoms with van der Waals surface area (Å²) in [5, 5.41) is 3.70. The molecule has 2 rings (SSSR count). The Hall–Kier alpha value is -0.320. The van der Waals surface area contributed by atoms with Gasteiger partial charge in [0.2, 0.25) is 0 Å². The summed E-state index contributed by atoms with van der Waals surface area (Å²) in [4.78, 5) is 3.99. The minimum atomic E-state index is 0.255. The lowest BCUT2D eigenvalue weighted by atomic mass is 10.3. The van der Waals surface area contributed by atoms with E-state index in [0.717, 1.165) is 29.7 Å². The van der Waals surface area contributed by atoms with Gasteiger partial charge in [0.1, 0.15) is 17.0 Å². The Morgan fingerprint density at radius 3 is 3.14 bits per heavy atom. The molecule has 1 aromatic heterocycles. The first-order chi connectivity index (χ1) is 6.75. The summed E-state index contributed by atoms with van der Waals surface area (Å²) < 4.78 is 6.46. The van der Waals surface area contributed by atoms with Gasteiger partial charge in [-0.15, -0.1) is 0 Å². The molecule has 1 aromatic rings. The first-order valence-electron chi connectivity index (χ1n) is 4.44. The van der Waals surface area contributed by atoms with Crippen LogP contribution in [0.3, 0.4) is 0 Å². The van der Waals surface area contributed by atoms with Crippen LogP contribution in [0.25, 0.3) is 0 Å². The fraction of sp³-hybridized carbons (Fsp3) is 0.444. The van der Waals surface area contributed by atoms with Gasteiger partial charge < -0.3 is 10.1 Å². The summed E-state index contributed by atoms with van der Waals surface area (Å²) in [6.45, 7) is 1.92. The van der Waals surface area contributed by atoms with Gasteiger partial charge in [0, 0.05) is 6.54 Å². The molecular weight excluding hydrogens is 267 g/mol. The molecule has 0 saturated carbocycles. The number of nitrogens with zero attached hydrogens (tertiary/aromatic N) is 1. The fourth-order valence-electron chi connectivity index (χ4n) is 1.39. The van der Waals surface area contributed by atoms with E-state index in [2.05, 4.69) is 26.2 Å². The molecule has 0 aliphatic carbocycles. The molecule has 3 nitrogen and oxygen atoms in total. The fourth-order valence-corrected chi connectivity index (χ4v) is 1.82. The summed E-state index contributed by atoms with van der Waals surface area (Å²) in [6.07, 6.45) is 2.94. The van der Waals surface area contributed by atoms with E-state index >= 15 is 0 Å². The lowest BCUT2D eigenvalue weighted by Gasteiger charge is -2.12. The van der Waals surface area contributed by atoms with Crippen LogP contribution in [0.5, 0.6) is 5.75 Å². The SMILES string of the molecule is Clc1ncc(O[C@H]2CCNC2)cc1Br. The van der Waals surface area contributed by atoms with Crippen LogP contribution in [0.15, 0.2) is 16.7 Å². The van der Waals surface area contributed by atoms with Gasteiger partial charge in [-0.3, -0.25) is 0 Å². The molecule has 1 atom stereocenters. The Bertz CT molecular complexity index is 329. The molecule has 1 fully saturated rings. The van der Waals surface area contributed by atoms with E-state index in [4.69, 9.17) is 16.3 Å². The third-order valence-corrected chi connectivity index (χ3v) is 3.22. The van der Waals surface area contributed by atoms with Crippen LogP contribution >= 0.6 is 27.5 Å². The maximum absolute atomic E-state index is 5.77. The summed E-state index contributed by atoms with van der Waals surface area (Å²) in [6, 6.07) is 1.84. The van der Waals surface area contributed by atoms with Crippen molar-refractivity contribution in [2.45, 2.75) is 12.5 Å². The molecule has 1 aliphatic heterocycles. The number of aromatic nitrogens is 1. The zero-order valence-corrected chi connectivity index (χ0v) is 9.81. The van der Waals surface area contributed by atoms with E-state index in [-0.39, 0.29) is 6.10 Å². The number of hydrogen-bond donors (Lipinski definition) is 1. The number of rotatable bonds is 2. The monoisotopic (exact) mass is 276 g/mol. The standard InChI is InChI=1S/C9H10BrClN2O/c10-8-3-7(5-13-9(8)11)14-6-1-2-12-4-6/h3,5-6,12H,1-2,4H2/t6-/m0/s1. The van der Waals surface area contributed by atoms with E-state index in [1.165, 1.54) is 0 Å². The Labute approximate surface area is 95.9 Å². The van der Waals surface area contributed by atoms with Gasteiger partial charge in [-0.05, 0) is 35.0 Å². The molecule has 0 bridgehead atoms. The zero-order chi connectivity index (χ0) is 9.97. The molecule has 0 amide bonds. The second-order valence-electron chi connectivity index (χ2n) is 3.18. The van der Waals surface area contributed by atoms with Crippen molar-refractivity contribution in [1.82, 2.24) is 10.3 Å². The van der Waals surface area contributed by atoms with Crippen LogP contribution in [0.4, 0.5) is 0 Å². The molecule has 76 valence electrons. The number of pyridine rings is 1. The van der Waals surface area contributed by atoms with Crippen molar-refractivity contribution in [3.05, 3.63) is 21.9 Å². The molecule has 1 saturated heterocycles. The van der Waals surface area contributed by atoms with Crippen LogP contribution in [0.1, 0.15) is 6.42 Å². The maximum atomic E-state index is 5.77. The van der Waals surface area contributed by atoms with E-state index in [1.807, 2.05) is 6.07 Å². The van der Waals surface area contributed by atoms with E-state index < -0.39 is 0 Å². The highest BCUT2D eigenvalue weighted by Gasteiger charge is 2.16. The average molecular weight is 278 g/mol. The number of halogens is 2. The summed E-state index contributed by atoms with van der Waals surface area (Å²) in [7, 11) is 0. The third kappa shape index (κ3) is 2.38. The van der Waals surface area contributed by atoms with Crippen molar-refractivity contribution < 1.29 is 4.74 Å². The first-order valence-corrected chi connectivity index (χ1v) is 5.61. The van der Waals surface area contributed by atoms with Crippen LogP contribution in [-0.4, -0.2) is 24.2 Å². The van der Waals surface area contributed by atoms with Gasteiger partial charge in [-0.2, -0.15) is 0 Å². The van der Waals surface area contributed by atoms with Gasteiger partial charge >= 0.3 is 0 Å². The lowest BCUT2D eigenvalue weighted by Crippen LogP contribution is -2.19. The molecule has 1 aliphatic rings. The van der Waals surface area contributed by atoms with Crippen LogP contribution < -0.4 is 10.1 Å². The molecule has 0 radical (unpaired) electrons. The summed E-state index contributed by atoms with van der Waals surface area (Å²) in [5.41, 5.74) is 0. The molecule has 0 spiro atoms. The second-order valence-corrected chi connectivity index (χ2v) is 4.39. The topological polar surface area (TPSA) is 34.1 Å². The molecule has 0 aromatic carbocycles. The summed E-state index contributed by atoms with van der Waals surface area (Å²) >= 11 is 9.08. The Balaban J connectivity index is 2.05. The number of nitrogens with one attached hydrogen (secondary N) is 1. The highest BCUT2D eigenvalue weighted by Crippen LogP contribution is 2.25. The van der Waals surface area contributed by atoms with Crippen molar-refractivity contribution in [3.63, 3.8) is 0 Å². The first kappa shape index (κ1) is 10.2. The van der Waals surface area contributed by atoms with Crippen molar-refractivity contribution >= 4 is 27.5 Å². The van der Waals surface area contributed by atoms with Gasteiger partial charge in [-0.25, -0.2) is 4.98 Å². The predicted octanol–water partition coefficient (Wildman–Crippen LogP) is 2.24. The molecule has 1 N–H and O–H groups in total. The molecule has 0 unspecified atom stereocenters. The minimum absolute atomic E-state index is 0.255. The number of hydrogen-bond acceptors (Lipinski definition) is 3. The smallest absolute Gasteiger partial charge is 0.143 e. The van der Waals surface area contributed by atoms with Crippen molar-refractivity contribution in [3.8, 4) is 5.75 Å². The molecule has 5 heteroatoms. The molecular formula is C9H10BrClN2O. The molecule has 14 heavy (non-hydrogen) atoms. The van der Waals surface area contributed by atoms with Gasteiger partial charge in [0.15, 0.2) is 0 Å². The second kappa shape index (κ2) is 4.47. The summed E-state index contributed by atoms with van der Waals surface area (Å²) in [5.74, 6) is 0.759.